The summed E-state index contributed by atoms with van der Waals surface area (Å²) in [5.41, 5.74) is 7.59. The maximum Gasteiger partial charge on any atom is 0.260 e. The van der Waals surface area contributed by atoms with E-state index in [-0.39, 0.29) is 5.89 Å². The first-order valence-corrected chi connectivity index (χ1v) is 5.99. The SMILES string of the molecule is Nc1ccc(F)cc1-c1nc(Cc2ccncc2)no1. The fraction of sp³-hybridized carbons (Fsp3) is 0.0714. The van der Waals surface area contributed by atoms with Crippen molar-refractivity contribution in [3.63, 3.8) is 0 Å². The Labute approximate surface area is 114 Å². The summed E-state index contributed by atoms with van der Waals surface area (Å²) in [5.74, 6) is 0.323. The van der Waals surface area contributed by atoms with Gasteiger partial charge in [-0.05, 0) is 35.9 Å². The van der Waals surface area contributed by atoms with Crippen molar-refractivity contribution in [1.82, 2.24) is 15.1 Å². The molecule has 5 nitrogen and oxygen atoms in total. The van der Waals surface area contributed by atoms with Gasteiger partial charge in [0.2, 0.25) is 0 Å². The summed E-state index contributed by atoms with van der Waals surface area (Å²) in [5, 5.41) is 3.87. The number of benzene rings is 1. The Morgan fingerprint density at radius 2 is 1.95 bits per heavy atom. The van der Waals surface area contributed by atoms with Gasteiger partial charge in [-0.15, -0.1) is 0 Å². The summed E-state index contributed by atoms with van der Waals surface area (Å²) >= 11 is 0. The van der Waals surface area contributed by atoms with Gasteiger partial charge in [-0.3, -0.25) is 4.98 Å². The van der Waals surface area contributed by atoms with Crippen LogP contribution in [0.3, 0.4) is 0 Å². The van der Waals surface area contributed by atoms with Crippen molar-refractivity contribution in [1.29, 1.82) is 0 Å². The van der Waals surface area contributed by atoms with E-state index in [1.807, 2.05) is 12.1 Å². The lowest BCUT2D eigenvalue weighted by Crippen LogP contribution is -1.93. The Kier molecular flexibility index (Phi) is 3.12. The number of nitrogens with two attached hydrogens (primary N) is 1. The lowest BCUT2D eigenvalue weighted by atomic mass is 10.1. The van der Waals surface area contributed by atoms with Gasteiger partial charge in [0.05, 0.1) is 5.56 Å². The maximum absolute atomic E-state index is 13.2. The summed E-state index contributed by atoms with van der Waals surface area (Å²) in [6.07, 6.45) is 3.91. The largest absolute Gasteiger partial charge is 0.398 e. The molecule has 2 aromatic heterocycles. The second kappa shape index (κ2) is 5.08. The molecule has 20 heavy (non-hydrogen) atoms. The molecule has 0 aliphatic carbocycles. The van der Waals surface area contributed by atoms with Crippen LogP contribution in [0.25, 0.3) is 11.5 Å². The molecule has 0 aliphatic rings. The van der Waals surface area contributed by atoms with Gasteiger partial charge in [-0.1, -0.05) is 5.16 Å². The highest BCUT2D eigenvalue weighted by Crippen LogP contribution is 2.25. The quantitative estimate of drug-likeness (QED) is 0.739. The van der Waals surface area contributed by atoms with E-state index in [2.05, 4.69) is 15.1 Å². The maximum atomic E-state index is 13.2. The Morgan fingerprint density at radius 1 is 1.15 bits per heavy atom. The molecule has 0 saturated carbocycles. The van der Waals surface area contributed by atoms with Crippen molar-refractivity contribution in [3.8, 4) is 11.5 Å². The fourth-order valence-corrected chi connectivity index (χ4v) is 1.83. The molecule has 0 spiro atoms. The lowest BCUT2D eigenvalue weighted by Gasteiger charge is -1.99. The summed E-state index contributed by atoms with van der Waals surface area (Å²) in [4.78, 5) is 8.17. The van der Waals surface area contributed by atoms with Crippen LogP contribution in [-0.2, 0) is 6.42 Å². The van der Waals surface area contributed by atoms with Crippen molar-refractivity contribution >= 4 is 5.69 Å². The molecule has 0 saturated heterocycles. The number of pyridine rings is 1. The smallest absolute Gasteiger partial charge is 0.260 e. The molecule has 3 aromatic rings. The van der Waals surface area contributed by atoms with Crippen LogP contribution in [0.4, 0.5) is 10.1 Å². The summed E-state index contributed by atoms with van der Waals surface area (Å²) in [6.45, 7) is 0. The first-order valence-electron chi connectivity index (χ1n) is 5.99. The predicted molar refractivity (Wildman–Crippen MR) is 71.1 cm³/mol. The molecule has 1 aromatic carbocycles. The van der Waals surface area contributed by atoms with E-state index in [1.165, 1.54) is 18.2 Å². The monoisotopic (exact) mass is 270 g/mol. The van der Waals surface area contributed by atoms with E-state index in [4.69, 9.17) is 10.3 Å². The van der Waals surface area contributed by atoms with E-state index >= 15 is 0 Å². The highest BCUT2D eigenvalue weighted by Gasteiger charge is 2.13. The molecule has 0 bridgehead atoms. The van der Waals surface area contributed by atoms with Gasteiger partial charge in [0, 0.05) is 24.5 Å². The minimum absolute atomic E-state index is 0.214. The van der Waals surface area contributed by atoms with Gasteiger partial charge in [0.15, 0.2) is 5.82 Å². The van der Waals surface area contributed by atoms with Gasteiger partial charge in [-0.25, -0.2) is 4.39 Å². The number of hydrogen-bond donors (Lipinski definition) is 1. The molecule has 0 radical (unpaired) electrons. The molecule has 0 atom stereocenters. The Morgan fingerprint density at radius 3 is 2.75 bits per heavy atom. The number of anilines is 1. The van der Waals surface area contributed by atoms with Gasteiger partial charge < -0.3 is 10.3 Å². The number of nitrogen functional groups attached to an aromatic ring is 1. The van der Waals surface area contributed by atoms with E-state index in [1.54, 1.807) is 12.4 Å². The third kappa shape index (κ3) is 2.49. The van der Waals surface area contributed by atoms with Crippen LogP contribution in [0.15, 0.2) is 47.2 Å². The van der Waals surface area contributed by atoms with Gasteiger partial charge in [-0.2, -0.15) is 4.98 Å². The molecule has 3 rings (SSSR count). The third-order valence-corrected chi connectivity index (χ3v) is 2.83. The number of nitrogens with zero attached hydrogens (tertiary/aromatic N) is 3. The zero-order chi connectivity index (χ0) is 13.9. The van der Waals surface area contributed by atoms with Gasteiger partial charge in [0.25, 0.3) is 5.89 Å². The van der Waals surface area contributed by atoms with Crippen molar-refractivity contribution < 1.29 is 8.91 Å². The Balaban J connectivity index is 1.88. The first kappa shape index (κ1) is 12.3. The standard InChI is InChI=1S/C14H11FN4O/c15-10-1-2-12(16)11(8-10)14-18-13(19-20-14)7-9-3-5-17-6-4-9/h1-6,8H,7,16H2. The minimum Gasteiger partial charge on any atom is -0.398 e. The van der Waals surface area contributed by atoms with Crippen molar-refractivity contribution in [3.05, 3.63) is 59.9 Å². The normalized spacial score (nSPS) is 10.7. The first-order chi connectivity index (χ1) is 9.72. The van der Waals surface area contributed by atoms with Crippen LogP contribution in [0.1, 0.15) is 11.4 Å². The Bertz CT molecular complexity index is 727. The molecule has 2 N–H and O–H groups in total. The fourth-order valence-electron chi connectivity index (χ4n) is 1.83. The van der Waals surface area contributed by atoms with Crippen LogP contribution < -0.4 is 5.73 Å². The van der Waals surface area contributed by atoms with Gasteiger partial charge >= 0.3 is 0 Å². The predicted octanol–water partition coefficient (Wildman–Crippen LogP) is 2.44. The average Bonchev–Trinajstić information content (AvgIpc) is 2.91. The minimum atomic E-state index is -0.400. The summed E-state index contributed by atoms with van der Waals surface area (Å²) in [7, 11) is 0. The van der Waals surface area contributed by atoms with Crippen LogP contribution in [0.2, 0.25) is 0 Å². The topological polar surface area (TPSA) is 77.8 Å². The summed E-state index contributed by atoms with van der Waals surface area (Å²) in [6, 6.07) is 7.77. The van der Waals surface area contributed by atoms with Gasteiger partial charge in [0.1, 0.15) is 5.82 Å². The molecular formula is C14H11FN4O. The number of rotatable bonds is 3. The second-order valence-electron chi connectivity index (χ2n) is 4.28. The van der Waals surface area contributed by atoms with E-state index in [9.17, 15) is 4.39 Å². The molecule has 6 heteroatoms. The Hall–Kier alpha value is -2.76. The molecule has 0 amide bonds. The molecule has 100 valence electrons. The van der Waals surface area contributed by atoms with Crippen LogP contribution in [0, 0.1) is 5.82 Å². The van der Waals surface area contributed by atoms with E-state index in [0.717, 1.165) is 5.56 Å². The van der Waals surface area contributed by atoms with E-state index < -0.39 is 5.82 Å². The zero-order valence-corrected chi connectivity index (χ0v) is 10.5. The van der Waals surface area contributed by atoms with Crippen LogP contribution in [-0.4, -0.2) is 15.1 Å². The van der Waals surface area contributed by atoms with Crippen LogP contribution >= 0.6 is 0 Å². The summed E-state index contributed by atoms with van der Waals surface area (Å²) < 4.78 is 18.4. The van der Waals surface area contributed by atoms with Crippen molar-refractivity contribution in [2.45, 2.75) is 6.42 Å². The molecular weight excluding hydrogens is 259 g/mol. The molecule has 0 aliphatic heterocycles. The lowest BCUT2D eigenvalue weighted by molar-refractivity contribution is 0.424. The van der Waals surface area contributed by atoms with Crippen molar-refractivity contribution in [2.75, 3.05) is 5.73 Å². The third-order valence-electron chi connectivity index (χ3n) is 2.83. The van der Waals surface area contributed by atoms with E-state index in [0.29, 0.717) is 23.5 Å². The second-order valence-corrected chi connectivity index (χ2v) is 4.28. The molecule has 0 unspecified atom stereocenters. The number of halogens is 1. The van der Waals surface area contributed by atoms with Crippen LogP contribution in [0.5, 0.6) is 0 Å². The number of aromatic nitrogens is 3. The number of hydrogen-bond acceptors (Lipinski definition) is 5. The van der Waals surface area contributed by atoms with Crippen molar-refractivity contribution in [2.24, 2.45) is 0 Å². The molecule has 2 heterocycles. The highest BCUT2D eigenvalue weighted by molar-refractivity contribution is 5.70. The zero-order valence-electron chi connectivity index (χ0n) is 10.5. The highest BCUT2D eigenvalue weighted by atomic mass is 19.1. The average molecular weight is 270 g/mol. The molecule has 0 fully saturated rings.